The van der Waals surface area contributed by atoms with E-state index in [-0.39, 0.29) is 35.9 Å². The number of benzene rings is 1. The normalized spacial score (nSPS) is 18.4. The lowest BCUT2D eigenvalue weighted by molar-refractivity contribution is -0.134. The second kappa shape index (κ2) is 11.2. The van der Waals surface area contributed by atoms with Crippen molar-refractivity contribution >= 4 is 11.8 Å². The highest BCUT2D eigenvalue weighted by atomic mass is 16.5. The van der Waals surface area contributed by atoms with E-state index >= 15 is 0 Å². The van der Waals surface area contributed by atoms with Crippen LogP contribution in [-0.2, 0) is 16.0 Å². The summed E-state index contributed by atoms with van der Waals surface area (Å²) in [5.74, 6) is 1.96. The smallest absolute Gasteiger partial charge is 0.273 e. The summed E-state index contributed by atoms with van der Waals surface area (Å²) in [6.07, 6.45) is 5.06. The Labute approximate surface area is 210 Å². The van der Waals surface area contributed by atoms with Crippen molar-refractivity contribution in [3.8, 4) is 17.1 Å². The summed E-state index contributed by atoms with van der Waals surface area (Å²) in [7, 11) is 0. The predicted molar refractivity (Wildman–Crippen MR) is 133 cm³/mol. The zero-order valence-corrected chi connectivity index (χ0v) is 20.7. The number of likely N-dealkylation sites (tertiary alicyclic amines) is 1. The topological polar surface area (TPSA) is 112 Å². The minimum Gasteiger partial charge on any atom is -0.493 e. The van der Waals surface area contributed by atoms with Crippen LogP contribution in [-0.4, -0.2) is 94.1 Å². The van der Waals surface area contributed by atoms with E-state index in [0.717, 1.165) is 37.2 Å². The first-order valence-electron chi connectivity index (χ1n) is 13.0. The molecule has 3 fully saturated rings. The minimum atomic E-state index is -0.331. The van der Waals surface area contributed by atoms with Crippen molar-refractivity contribution in [3.63, 3.8) is 0 Å². The fourth-order valence-electron chi connectivity index (χ4n) is 4.68. The number of H-pyrrole nitrogens is 1. The summed E-state index contributed by atoms with van der Waals surface area (Å²) >= 11 is 0. The number of piperazine rings is 1. The fourth-order valence-corrected chi connectivity index (χ4v) is 4.68. The Hall–Kier alpha value is -3.27. The quantitative estimate of drug-likeness (QED) is 0.560. The van der Waals surface area contributed by atoms with E-state index in [1.165, 1.54) is 12.8 Å². The first-order valence-corrected chi connectivity index (χ1v) is 13.0. The Kier molecular flexibility index (Phi) is 7.60. The van der Waals surface area contributed by atoms with E-state index in [4.69, 9.17) is 4.74 Å². The van der Waals surface area contributed by atoms with Gasteiger partial charge in [0.1, 0.15) is 11.4 Å². The van der Waals surface area contributed by atoms with Gasteiger partial charge in [0.05, 0.1) is 13.2 Å². The van der Waals surface area contributed by atoms with Gasteiger partial charge in [-0.15, -0.1) is 10.2 Å². The molecule has 2 amide bonds. The third-order valence-corrected chi connectivity index (χ3v) is 7.17. The monoisotopic (exact) mass is 494 g/mol. The lowest BCUT2D eigenvalue weighted by Gasteiger charge is -2.35. The van der Waals surface area contributed by atoms with Crippen LogP contribution in [0, 0.1) is 5.92 Å². The van der Waals surface area contributed by atoms with Gasteiger partial charge < -0.3 is 19.5 Å². The molecule has 10 heteroatoms. The summed E-state index contributed by atoms with van der Waals surface area (Å²) in [4.78, 5) is 46.3. The summed E-state index contributed by atoms with van der Waals surface area (Å²) in [6.45, 7) is 5.41. The number of aryl methyl sites for hydroxylation is 1. The van der Waals surface area contributed by atoms with E-state index in [2.05, 4.69) is 20.1 Å². The Bertz CT molecular complexity index is 1130. The molecule has 1 N–H and O–H groups in total. The van der Waals surface area contributed by atoms with Crippen molar-refractivity contribution in [2.45, 2.75) is 38.5 Å². The van der Waals surface area contributed by atoms with Crippen molar-refractivity contribution in [3.05, 3.63) is 40.3 Å². The largest absolute Gasteiger partial charge is 0.493 e. The van der Waals surface area contributed by atoms with Crippen molar-refractivity contribution in [2.24, 2.45) is 5.92 Å². The molecule has 2 saturated heterocycles. The molecule has 0 spiro atoms. The number of nitrogens with one attached hydrogen (secondary N) is 1. The van der Waals surface area contributed by atoms with Crippen molar-refractivity contribution in [1.82, 2.24) is 29.9 Å². The highest BCUT2D eigenvalue weighted by Gasteiger charge is 2.25. The molecule has 0 atom stereocenters. The molecule has 0 unspecified atom stereocenters. The molecule has 0 bridgehead atoms. The zero-order valence-electron chi connectivity index (χ0n) is 20.7. The van der Waals surface area contributed by atoms with Gasteiger partial charge in [-0.3, -0.25) is 19.3 Å². The van der Waals surface area contributed by atoms with Crippen LogP contribution >= 0.6 is 0 Å². The molecule has 5 rings (SSSR count). The molecule has 1 aromatic carbocycles. The number of rotatable bonds is 9. The van der Waals surface area contributed by atoms with Gasteiger partial charge in [-0.1, -0.05) is 12.1 Å². The standard InChI is InChI=1S/C26H34N6O4/c33-23(32-14-12-30(13-15-32)17-24(34)31-10-1-2-11-31)9-8-22-26(35)27-25(29-28-22)20-4-3-5-21(16-20)36-18-19-6-7-19/h3-5,16,19H,1-2,6-15,17-18H2,(H,27,29,35). The molecule has 3 aliphatic rings. The Balaban J connectivity index is 1.09. The maximum Gasteiger partial charge on any atom is 0.273 e. The van der Waals surface area contributed by atoms with Gasteiger partial charge >= 0.3 is 0 Å². The number of ether oxygens (including phenoxy) is 1. The summed E-state index contributed by atoms with van der Waals surface area (Å²) < 4.78 is 5.81. The van der Waals surface area contributed by atoms with Crippen LogP contribution in [0.15, 0.2) is 29.1 Å². The number of aromatic nitrogens is 3. The van der Waals surface area contributed by atoms with Crippen LogP contribution in [0.4, 0.5) is 0 Å². The van der Waals surface area contributed by atoms with E-state index in [1.807, 2.05) is 29.2 Å². The van der Waals surface area contributed by atoms with Crippen molar-refractivity contribution < 1.29 is 14.3 Å². The van der Waals surface area contributed by atoms with Crippen LogP contribution in [0.1, 0.15) is 37.8 Å². The number of hydrogen-bond donors (Lipinski definition) is 1. The molecule has 10 nitrogen and oxygen atoms in total. The second-order valence-electron chi connectivity index (χ2n) is 9.98. The zero-order chi connectivity index (χ0) is 24.9. The highest BCUT2D eigenvalue weighted by molar-refractivity contribution is 5.79. The molecule has 1 saturated carbocycles. The summed E-state index contributed by atoms with van der Waals surface area (Å²) in [6, 6.07) is 7.46. The van der Waals surface area contributed by atoms with Crippen LogP contribution in [0.25, 0.3) is 11.4 Å². The summed E-state index contributed by atoms with van der Waals surface area (Å²) in [5, 5.41) is 8.30. The van der Waals surface area contributed by atoms with Crippen molar-refractivity contribution in [2.75, 3.05) is 52.4 Å². The third kappa shape index (κ3) is 6.29. The molecule has 3 heterocycles. The van der Waals surface area contributed by atoms with E-state index in [1.54, 1.807) is 4.90 Å². The van der Waals surface area contributed by atoms with Gasteiger partial charge in [-0.25, -0.2) is 0 Å². The van der Waals surface area contributed by atoms with Gasteiger partial charge in [0.25, 0.3) is 5.56 Å². The SMILES string of the molecule is O=C(CCc1nnc(-c2cccc(OCC3CC3)c2)[nH]c1=O)N1CCN(CC(=O)N2CCCC2)CC1. The van der Waals surface area contributed by atoms with Crippen LogP contribution in [0.3, 0.4) is 0 Å². The van der Waals surface area contributed by atoms with Crippen LogP contribution in [0.5, 0.6) is 5.75 Å². The molecule has 2 aliphatic heterocycles. The van der Waals surface area contributed by atoms with Gasteiger partial charge in [0, 0.05) is 57.7 Å². The van der Waals surface area contributed by atoms with E-state index in [0.29, 0.717) is 51.1 Å². The number of nitrogens with zero attached hydrogens (tertiary/aromatic N) is 5. The Morgan fingerprint density at radius 3 is 2.44 bits per heavy atom. The van der Waals surface area contributed by atoms with Gasteiger partial charge in [0.2, 0.25) is 11.8 Å². The Morgan fingerprint density at radius 1 is 0.972 bits per heavy atom. The predicted octanol–water partition coefficient (Wildman–Crippen LogP) is 1.32. The third-order valence-electron chi connectivity index (χ3n) is 7.17. The first kappa shape index (κ1) is 24.4. The molecule has 2 aromatic rings. The van der Waals surface area contributed by atoms with Crippen LogP contribution in [0.2, 0.25) is 0 Å². The molecule has 1 aliphatic carbocycles. The number of carbonyl (C=O) groups excluding carboxylic acids is 2. The number of hydrogen-bond acceptors (Lipinski definition) is 7. The summed E-state index contributed by atoms with van der Waals surface area (Å²) in [5.41, 5.74) is 0.655. The van der Waals surface area contributed by atoms with Gasteiger partial charge in [-0.05, 0) is 43.7 Å². The average molecular weight is 495 g/mol. The molecule has 192 valence electrons. The average Bonchev–Trinajstić information content (AvgIpc) is 3.57. The van der Waals surface area contributed by atoms with E-state index < -0.39 is 0 Å². The van der Waals surface area contributed by atoms with Gasteiger partial charge in [0.15, 0.2) is 5.82 Å². The maximum atomic E-state index is 12.7. The Morgan fingerprint density at radius 2 is 1.72 bits per heavy atom. The molecule has 0 radical (unpaired) electrons. The molecule has 1 aromatic heterocycles. The molecular weight excluding hydrogens is 460 g/mol. The van der Waals surface area contributed by atoms with Crippen molar-refractivity contribution in [1.29, 1.82) is 0 Å². The lowest BCUT2D eigenvalue weighted by Crippen LogP contribution is -2.51. The lowest BCUT2D eigenvalue weighted by atomic mass is 10.2. The number of aromatic amines is 1. The highest BCUT2D eigenvalue weighted by Crippen LogP contribution is 2.30. The first-order chi connectivity index (χ1) is 17.5. The number of carbonyl (C=O) groups is 2. The van der Waals surface area contributed by atoms with E-state index in [9.17, 15) is 14.4 Å². The second-order valence-corrected chi connectivity index (χ2v) is 9.98. The van der Waals surface area contributed by atoms with Crippen LogP contribution < -0.4 is 10.3 Å². The maximum absolute atomic E-state index is 12.7. The molecular formula is C26H34N6O4. The fraction of sp³-hybridized carbons (Fsp3) is 0.577. The molecule has 36 heavy (non-hydrogen) atoms. The van der Waals surface area contributed by atoms with Gasteiger partial charge in [-0.2, -0.15) is 0 Å². The minimum absolute atomic E-state index is 0.00805. The number of amides is 2.